The molecule has 1 atom stereocenters. The highest BCUT2D eigenvalue weighted by Gasteiger charge is 2.21. The van der Waals surface area contributed by atoms with Crippen LogP contribution in [0.25, 0.3) is 0 Å². The molecule has 0 spiro atoms. The summed E-state index contributed by atoms with van der Waals surface area (Å²) in [6.45, 7) is 1.73. The number of nitrogens with zero attached hydrogens (tertiary/aromatic N) is 3. The molecule has 1 aromatic heterocycles. The topological polar surface area (TPSA) is 69.4 Å². The summed E-state index contributed by atoms with van der Waals surface area (Å²) in [6, 6.07) is 5.25. The Balaban J connectivity index is 2.21. The fourth-order valence-corrected chi connectivity index (χ4v) is 1.95. The Bertz CT molecular complexity index is 447. The SMILES string of the molecule is N#Cc1cc(Cl)nc(N2CCOC(CO)C2)c1. The zero-order valence-corrected chi connectivity index (χ0v) is 9.89. The van der Waals surface area contributed by atoms with Gasteiger partial charge in [-0.2, -0.15) is 5.26 Å². The highest BCUT2D eigenvalue weighted by atomic mass is 35.5. The van der Waals surface area contributed by atoms with Crippen molar-refractivity contribution in [3.05, 3.63) is 22.8 Å². The van der Waals surface area contributed by atoms with Gasteiger partial charge in [0, 0.05) is 13.1 Å². The van der Waals surface area contributed by atoms with Crippen molar-refractivity contribution in [2.45, 2.75) is 6.10 Å². The molecule has 1 fully saturated rings. The largest absolute Gasteiger partial charge is 0.394 e. The molecular weight excluding hydrogens is 242 g/mol. The van der Waals surface area contributed by atoms with Crippen LogP contribution in [0.4, 0.5) is 5.82 Å². The molecule has 0 amide bonds. The number of ether oxygens (including phenoxy) is 1. The number of halogens is 1. The van der Waals surface area contributed by atoms with Crippen molar-refractivity contribution >= 4 is 17.4 Å². The van der Waals surface area contributed by atoms with E-state index < -0.39 is 0 Å². The maximum atomic E-state index is 9.06. The monoisotopic (exact) mass is 253 g/mol. The molecule has 5 nitrogen and oxygen atoms in total. The summed E-state index contributed by atoms with van der Waals surface area (Å²) in [5.41, 5.74) is 0.479. The van der Waals surface area contributed by atoms with Crippen LogP contribution in [-0.4, -0.2) is 42.5 Å². The number of aromatic nitrogens is 1. The average molecular weight is 254 g/mol. The van der Waals surface area contributed by atoms with Crippen LogP contribution < -0.4 is 4.90 Å². The number of rotatable bonds is 2. The first-order chi connectivity index (χ1) is 8.22. The van der Waals surface area contributed by atoms with Crippen LogP contribution in [0.3, 0.4) is 0 Å². The Kier molecular flexibility index (Phi) is 3.79. The molecule has 1 saturated heterocycles. The third kappa shape index (κ3) is 2.86. The number of hydrogen-bond acceptors (Lipinski definition) is 5. The third-order valence-electron chi connectivity index (χ3n) is 2.58. The minimum Gasteiger partial charge on any atom is -0.394 e. The van der Waals surface area contributed by atoms with Gasteiger partial charge in [-0.1, -0.05) is 11.6 Å². The van der Waals surface area contributed by atoms with Gasteiger partial charge in [0.2, 0.25) is 0 Å². The van der Waals surface area contributed by atoms with E-state index >= 15 is 0 Å². The van der Waals surface area contributed by atoms with E-state index in [2.05, 4.69) is 4.98 Å². The summed E-state index contributed by atoms with van der Waals surface area (Å²) in [4.78, 5) is 6.13. The van der Waals surface area contributed by atoms with Crippen molar-refractivity contribution in [1.82, 2.24) is 4.98 Å². The molecule has 0 aliphatic carbocycles. The first-order valence-corrected chi connectivity index (χ1v) is 5.66. The van der Waals surface area contributed by atoms with Crippen LogP contribution >= 0.6 is 11.6 Å². The quantitative estimate of drug-likeness (QED) is 0.790. The lowest BCUT2D eigenvalue weighted by Crippen LogP contribution is -2.44. The maximum Gasteiger partial charge on any atom is 0.132 e. The van der Waals surface area contributed by atoms with Crippen molar-refractivity contribution in [3.8, 4) is 6.07 Å². The molecule has 1 aromatic rings. The molecule has 0 radical (unpaired) electrons. The summed E-state index contributed by atoms with van der Waals surface area (Å²) < 4.78 is 5.35. The van der Waals surface area contributed by atoms with Crippen LogP contribution in [0.5, 0.6) is 0 Å². The predicted molar refractivity (Wildman–Crippen MR) is 63.0 cm³/mol. The maximum absolute atomic E-state index is 9.06. The molecule has 2 rings (SSSR count). The van der Waals surface area contributed by atoms with Gasteiger partial charge in [-0.05, 0) is 12.1 Å². The second-order valence-electron chi connectivity index (χ2n) is 3.77. The highest BCUT2D eigenvalue weighted by molar-refractivity contribution is 6.29. The lowest BCUT2D eigenvalue weighted by Gasteiger charge is -2.32. The normalized spacial score (nSPS) is 20.1. The fourth-order valence-electron chi connectivity index (χ4n) is 1.75. The van der Waals surface area contributed by atoms with E-state index in [1.165, 1.54) is 6.07 Å². The number of morpholine rings is 1. The Morgan fingerprint density at radius 3 is 3.18 bits per heavy atom. The first-order valence-electron chi connectivity index (χ1n) is 5.28. The van der Waals surface area contributed by atoms with E-state index in [0.717, 1.165) is 0 Å². The Hall–Kier alpha value is -1.35. The second kappa shape index (κ2) is 5.32. The van der Waals surface area contributed by atoms with Gasteiger partial charge in [-0.15, -0.1) is 0 Å². The summed E-state index contributed by atoms with van der Waals surface area (Å²) in [5, 5.41) is 18.2. The molecule has 1 N–H and O–H groups in total. The van der Waals surface area contributed by atoms with Crippen molar-refractivity contribution in [1.29, 1.82) is 5.26 Å². The Labute approximate surface area is 104 Å². The van der Waals surface area contributed by atoms with Crippen molar-refractivity contribution in [3.63, 3.8) is 0 Å². The number of pyridine rings is 1. The van der Waals surface area contributed by atoms with Crippen LogP contribution in [0.1, 0.15) is 5.56 Å². The minimum atomic E-state index is -0.213. The predicted octanol–water partition coefficient (Wildman–Crippen LogP) is 0.804. The zero-order chi connectivity index (χ0) is 12.3. The van der Waals surface area contributed by atoms with E-state index in [0.29, 0.717) is 36.2 Å². The standard InChI is InChI=1S/C11H12ClN3O2/c12-10-3-8(5-13)4-11(14-10)15-1-2-17-9(6-15)7-16/h3-4,9,16H,1-2,6-7H2. The van der Waals surface area contributed by atoms with Gasteiger partial charge in [0.15, 0.2) is 0 Å². The average Bonchev–Trinajstić information content (AvgIpc) is 2.38. The molecule has 1 aliphatic rings. The van der Waals surface area contributed by atoms with Crippen LogP contribution in [0, 0.1) is 11.3 Å². The van der Waals surface area contributed by atoms with Gasteiger partial charge in [0.1, 0.15) is 11.0 Å². The zero-order valence-electron chi connectivity index (χ0n) is 9.14. The van der Waals surface area contributed by atoms with Crippen molar-refractivity contribution in [2.24, 2.45) is 0 Å². The lowest BCUT2D eigenvalue weighted by atomic mass is 10.2. The summed E-state index contributed by atoms with van der Waals surface area (Å²) in [7, 11) is 0. The van der Waals surface area contributed by atoms with Crippen LogP contribution in [0.2, 0.25) is 5.15 Å². The van der Waals surface area contributed by atoms with E-state index in [9.17, 15) is 0 Å². The van der Waals surface area contributed by atoms with Gasteiger partial charge in [-0.3, -0.25) is 0 Å². The molecule has 1 aliphatic heterocycles. The number of hydrogen-bond donors (Lipinski definition) is 1. The second-order valence-corrected chi connectivity index (χ2v) is 4.16. The molecule has 2 heterocycles. The minimum absolute atomic E-state index is 0.0256. The van der Waals surface area contributed by atoms with E-state index in [-0.39, 0.29) is 12.7 Å². The van der Waals surface area contributed by atoms with Crippen LogP contribution in [0.15, 0.2) is 12.1 Å². The first kappa shape index (κ1) is 12.1. The van der Waals surface area contributed by atoms with Gasteiger partial charge < -0.3 is 14.7 Å². The fraction of sp³-hybridized carbons (Fsp3) is 0.455. The van der Waals surface area contributed by atoms with Crippen LogP contribution in [-0.2, 0) is 4.74 Å². The number of anilines is 1. The Morgan fingerprint density at radius 2 is 2.47 bits per heavy atom. The number of aliphatic hydroxyl groups excluding tert-OH is 1. The van der Waals surface area contributed by atoms with Crippen molar-refractivity contribution < 1.29 is 9.84 Å². The third-order valence-corrected chi connectivity index (χ3v) is 2.77. The highest BCUT2D eigenvalue weighted by Crippen LogP contribution is 2.20. The molecule has 90 valence electrons. The molecule has 17 heavy (non-hydrogen) atoms. The molecule has 6 heteroatoms. The summed E-state index contributed by atoms with van der Waals surface area (Å²) in [5.74, 6) is 0.649. The van der Waals surface area contributed by atoms with Crippen molar-refractivity contribution in [2.75, 3.05) is 31.2 Å². The summed E-state index contributed by atoms with van der Waals surface area (Å²) >= 11 is 5.85. The molecule has 0 saturated carbocycles. The van der Waals surface area contributed by atoms with Gasteiger partial charge in [0.25, 0.3) is 0 Å². The molecule has 1 unspecified atom stereocenters. The lowest BCUT2D eigenvalue weighted by molar-refractivity contribution is 0.00336. The Morgan fingerprint density at radius 1 is 1.65 bits per heavy atom. The molecule has 0 aromatic carbocycles. The number of nitriles is 1. The molecule has 0 bridgehead atoms. The van der Waals surface area contributed by atoms with Gasteiger partial charge >= 0.3 is 0 Å². The summed E-state index contributed by atoms with van der Waals surface area (Å²) in [6.07, 6.45) is -0.213. The van der Waals surface area contributed by atoms with E-state index in [4.69, 9.17) is 26.7 Å². The van der Waals surface area contributed by atoms with E-state index in [1.54, 1.807) is 6.07 Å². The van der Waals surface area contributed by atoms with Gasteiger partial charge in [-0.25, -0.2) is 4.98 Å². The van der Waals surface area contributed by atoms with Gasteiger partial charge in [0.05, 0.1) is 31.0 Å². The smallest absolute Gasteiger partial charge is 0.132 e. The van der Waals surface area contributed by atoms with E-state index in [1.807, 2.05) is 11.0 Å². The number of aliphatic hydroxyl groups is 1. The molecular formula is C11H12ClN3O2.